The van der Waals surface area contributed by atoms with Gasteiger partial charge in [0, 0.05) is 26.1 Å². The standard InChI is InChI=1S/C12H19ClN2O2/c1-3-15(4-2)12(16)7-8-14-9-10-5-6-11(13)17-10/h5-6,14H,3-4,7-9H2,1-2H3. The molecule has 1 rings (SSSR count). The van der Waals surface area contributed by atoms with Gasteiger partial charge in [-0.25, -0.2) is 0 Å². The van der Waals surface area contributed by atoms with E-state index in [0.717, 1.165) is 18.8 Å². The summed E-state index contributed by atoms with van der Waals surface area (Å²) in [6.07, 6.45) is 0.510. The summed E-state index contributed by atoms with van der Waals surface area (Å²) < 4.78 is 5.19. The zero-order valence-corrected chi connectivity index (χ0v) is 11.1. The Hall–Kier alpha value is -1.00. The van der Waals surface area contributed by atoms with E-state index in [2.05, 4.69) is 5.32 Å². The van der Waals surface area contributed by atoms with Crippen LogP contribution in [-0.4, -0.2) is 30.4 Å². The fourth-order valence-electron chi connectivity index (χ4n) is 1.59. The van der Waals surface area contributed by atoms with Gasteiger partial charge in [0.25, 0.3) is 0 Å². The zero-order chi connectivity index (χ0) is 12.7. The average Bonchev–Trinajstić information content (AvgIpc) is 2.72. The fraction of sp³-hybridized carbons (Fsp3) is 0.583. The van der Waals surface area contributed by atoms with E-state index in [1.165, 1.54) is 0 Å². The molecule has 0 fully saturated rings. The van der Waals surface area contributed by atoms with Crippen molar-refractivity contribution in [3.8, 4) is 0 Å². The molecule has 96 valence electrons. The highest BCUT2D eigenvalue weighted by Gasteiger charge is 2.08. The number of carbonyl (C=O) groups excluding carboxylic acids is 1. The van der Waals surface area contributed by atoms with Crippen LogP contribution in [0.3, 0.4) is 0 Å². The van der Waals surface area contributed by atoms with Gasteiger partial charge < -0.3 is 14.6 Å². The van der Waals surface area contributed by atoms with Crippen molar-refractivity contribution in [1.29, 1.82) is 0 Å². The number of hydrogen-bond donors (Lipinski definition) is 1. The Morgan fingerprint density at radius 3 is 2.65 bits per heavy atom. The molecule has 4 nitrogen and oxygen atoms in total. The predicted octanol–water partition coefficient (Wildman–Crippen LogP) is 2.28. The number of carbonyl (C=O) groups is 1. The van der Waals surface area contributed by atoms with Gasteiger partial charge in [-0.1, -0.05) is 0 Å². The molecule has 5 heteroatoms. The number of furan rings is 1. The lowest BCUT2D eigenvalue weighted by Gasteiger charge is -2.18. The van der Waals surface area contributed by atoms with Gasteiger partial charge in [-0.15, -0.1) is 0 Å². The number of rotatable bonds is 7. The minimum Gasteiger partial charge on any atom is -0.448 e. The molecule has 1 amide bonds. The third-order valence-electron chi connectivity index (χ3n) is 2.56. The van der Waals surface area contributed by atoms with Crippen LogP contribution in [0.25, 0.3) is 0 Å². The van der Waals surface area contributed by atoms with Gasteiger partial charge in [0.05, 0.1) is 6.54 Å². The topological polar surface area (TPSA) is 45.5 Å². The second-order valence-electron chi connectivity index (χ2n) is 3.70. The summed E-state index contributed by atoms with van der Waals surface area (Å²) in [7, 11) is 0. The van der Waals surface area contributed by atoms with Crippen molar-refractivity contribution in [2.45, 2.75) is 26.8 Å². The van der Waals surface area contributed by atoms with E-state index in [0.29, 0.717) is 24.7 Å². The molecule has 0 radical (unpaired) electrons. The van der Waals surface area contributed by atoms with E-state index < -0.39 is 0 Å². The van der Waals surface area contributed by atoms with E-state index >= 15 is 0 Å². The van der Waals surface area contributed by atoms with E-state index in [1.807, 2.05) is 24.8 Å². The van der Waals surface area contributed by atoms with Gasteiger partial charge in [0.15, 0.2) is 5.22 Å². The smallest absolute Gasteiger partial charge is 0.223 e. The Morgan fingerprint density at radius 2 is 2.12 bits per heavy atom. The molecule has 0 aliphatic heterocycles. The van der Waals surface area contributed by atoms with Crippen molar-refractivity contribution >= 4 is 17.5 Å². The molecule has 17 heavy (non-hydrogen) atoms. The lowest BCUT2D eigenvalue weighted by atomic mass is 10.3. The summed E-state index contributed by atoms with van der Waals surface area (Å²) in [4.78, 5) is 13.5. The SMILES string of the molecule is CCN(CC)C(=O)CCNCc1ccc(Cl)o1. The molecule has 0 saturated carbocycles. The largest absolute Gasteiger partial charge is 0.448 e. The maximum absolute atomic E-state index is 11.7. The molecule has 0 unspecified atom stereocenters. The molecule has 0 spiro atoms. The first-order chi connectivity index (χ1) is 8.17. The van der Waals surface area contributed by atoms with Crippen LogP contribution in [-0.2, 0) is 11.3 Å². The van der Waals surface area contributed by atoms with Gasteiger partial charge in [-0.2, -0.15) is 0 Å². The van der Waals surface area contributed by atoms with Crippen LogP contribution >= 0.6 is 11.6 Å². The number of amides is 1. The molecule has 0 saturated heterocycles. The first-order valence-electron chi connectivity index (χ1n) is 5.90. The molecule has 0 aliphatic rings. The fourth-order valence-corrected chi connectivity index (χ4v) is 1.75. The highest BCUT2D eigenvalue weighted by Crippen LogP contribution is 2.12. The minimum absolute atomic E-state index is 0.181. The Morgan fingerprint density at radius 1 is 1.41 bits per heavy atom. The highest BCUT2D eigenvalue weighted by molar-refractivity contribution is 6.28. The second kappa shape index (κ2) is 7.35. The van der Waals surface area contributed by atoms with Gasteiger partial charge in [0.2, 0.25) is 5.91 Å². The lowest BCUT2D eigenvalue weighted by molar-refractivity contribution is -0.130. The van der Waals surface area contributed by atoms with Gasteiger partial charge in [-0.3, -0.25) is 4.79 Å². The van der Waals surface area contributed by atoms with Crippen molar-refractivity contribution in [1.82, 2.24) is 10.2 Å². The predicted molar refractivity (Wildman–Crippen MR) is 68.0 cm³/mol. The second-order valence-corrected chi connectivity index (χ2v) is 4.07. The number of halogens is 1. The maximum atomic E-state index is 11.7. The third-order valence-corrected chi connectivity index (χ3v) is 2.76. The molecule has 0 bridgehead atoms. The Balaban J connectivity index is 2.17. The van der Waals surface area contributed by atoms with Gasteiger partial charge >= 0.3 is 0 Å². The maximum Gasteiger partial charge on any atom is 0.223 e. The van der Waals surface area contributed by atoms with E-state index in [1.54, 1.807) is 6.07 Å². The molecule has 0 atom stereocenters. The van der Waals surface area contributed by atoms with Crippen molar-refractivity contribution in [2.75, 3.05) is 19.6 Å². The summed E-state index contributed by atoms with van der Waals surface area (Å²) in [5.74, 6) is 0.963. The van der Waals surface area contributed by atoms with Crippen LogP contribution in [0.4, 0.5) is 0 Å². The van der Waals surface area contributed by atoms with Crippen molar-refractivity contribution in [3.63, 3.8) is 0 Å². The minimum atomic E-state index is 0.181. The zero-order valence-electron chi connectivity index (χ0n) is 10.3. The molecule has 1 aromatic rings. The molecular weight excluding hydrogens is 240 g/mol. The first kappa shape index (κ1) is 14.1. The molecular formula is C12H19ClN2O2. The summed E-state index contributed by atoms with van der Waals surface area (Å²) in [6, 6.07) is 3.53. The van der Waals surface area contributed by atoms with Crippen molar-refractivity contribution in [2.24, 2.45) is 0 Å². The van der Waals surface area contributed by atoms with Crippen LogP contribution in [0.1, 0.15) is 26.0 Å². The summed E-state index contributed by atoms with van der Waals surface area (Å²) in [5.41, 5.74) is 0. The van der Waals surface area contributed by atoms with Crippen LogP contribution in [0.15, 0.2) is 16.5 Å². The van der Waals surface area contributed by atoms with Crippen LogP contribution < -0.4 is 5.32 Å². The molecule has 1 aromatic heterocycles. The molecule has 0 aromatic carbocycles. The molecule has 0 aliphatic carbocycles. The van der Waals surface area contributed by atoms with Crippen LogP contribution in [0.5, 0.6) is 0 Å². The van der Waals surface area contributed by atoms with Crippen molar-refractivity contribution < 1.29 is 9.21 Å². The number of nitrogens with one attached hydrogen (secondary N) is 1. The molecule has 1 N–H and O–H groups in total. The van der Waals surface area contributed by atoms with E-state index in [-0.39, 0.29) is 5.91 Å². The lowest BCUT2D eigenvalue weighted by Crippen LogP contribution is -2.32. The van der Waals surface area contributed by atoms with Crippen molar-refractivity contribution in [3.05, 3.63) is 23.1 Å². The normalized spacial score (nSPS) is 10.5. The number of hydrogen-bond acceptors (Lipinski definition) is 3. The highest BCUT2D eigenvalue weighted by atomic mass is 35.5. The monoisotopic (exact) mass is 258 g/mol. The third kappa shape index (κ3) is 4.79. The summed E-state index contributed by atoms with van der Waals surface area (Å²) in [5, 5.41) is 3.54. The first-order valence-corrected chi connectivity index (χ1v) is 6.27. The van der Waals surface area contributed by atoms with Crippen LogP contribution in [0.2, 0.25) is 5.22 Å². The molecule has 1 heterocycles. The van der Waals surface area contributed by atoms with E-state index in [9.17, 15) is 4.79 Å². The quantitative estimate of drug-likeness (QED) is 0.764. The Labute approximate surface area is 107 Å². The van der Waals surface area contributed by atoms with Gasteiger partial charge in [0.1, 0.15) is 5.76 Å². The number of nitrogens with zero attached hydrogens (tertiary/aromatic N) is 1. The summed E-state index contributed by atoms with van der Waals surface area (Å²) >= 11 is 5.65. The Bertz CT molecular complexity index is 348. The van der Waals surface area contributed by atoms with Crippen LogP contribution in [0, 0.1) is 0 Å². The average molecular weight is 259 g/mol. The Kier molecular flexibility index (Phi) is 6.08. The van der Waals surface area contributed by atoms with E-state index in [4.69, 9.17) is 16.0 Å². The van der Waals surface area contributed by atoms with Gasteiger partial charge in [-0.05, 0) is 37.6 Å². The summed E-state index contributed by atoms with van der Waals surface area (Å²) in [6.45, 7) is 6.75.